The van der Waals surface area contributed by atoms with Gasteiger partial charge in [-0.05, 0) is 31.2 Å². The monoisotopic (exact) mass is 317 g/mol. The summed E-state index contributed by atoms with van der Waals surface area (Å²) in [5.74, 6) is 0.482. The van der Waals surface area contributed by atoms with Crippen LogP contribution in [0.25, 0.3) is 0 Å². The first-order valence-electron chi connectivity index (χ1n) is 8.32. The molecule has 0 radical (unpaired) electrons. The zero-order chi connectivity index (χ0) is 17.0. The molecule has 1 fully saturated rings. The minimum absolute atomic E-state index is 0.0799. The summed E-state index contributed by atoms with van der Waals surface area (Å²) in [5, 5.41) is 2.70. The van der Waals surface area contributed by atoms with Crippen LogP contribution in [0, 0.1) is 5.92 Å². The molecule has 1 saturated carbocycles. The zero-order valence-electron chi connectivity index (χ0n) is 14.2. The summed E-state index contributed by atoms with van der Waals surface area (Å²) in [6.07, 6.45) is 2.38. The van der Waals surface area contributed by atoms with E-state index in [1.54, 1.807) is 0 Å². The van der Waals surface area contributed by atoms with Crippen LogP contribution in [0.1, 0.15) is 51.6 Å². The number of carbonyl (C=O) groups excluding carboxylic acids is 2. The van der Waals surface area contributed by atoms with Crippen molar-refractivity contribution >= 4 is 11.9 Å². The molecule has 126 valence electrons. The number of hydrogen-bond donors (Lipinski definition) is 2. The molecule has 0 saturated heterocycles. The van der Waals surface area contributed by atoms with Crippen LogP contribution >= 0.6 is 0 Å². The molecule has 0 spiro atoms. The quantitative estimate of drug-likeness (QED) is 0.811. The molecule has 0 aliphatic heterocycles. The molecule has 23 heavy (non-hydrogen) atoms. The fourth-order valence-electron chi connectivity index (χ4n) is 2.83. The van der Waals surface area contributed by atoms with Gasteiger partial charge in [0.15, 0.2) is 0 Å². The number of carbonyl (C=O) groups is 2. The Kier molecular flexibility index (Phi) is 5.64. The first-order chi connectivity index (χ1) is 10.9. The fraction of sp³-hybridized carbons (Fsp3) is 0.556. The summed E-state index contributed by atoms with van der Waals surface area (Å²) in [5.41, 5.74) is 6.18. The highest BCUT2D eigenvalue weighted by Gasteiger charge is 2.37. The van der Waals surface area contributed by atoms with Gasteiger partial charge in [0.1, 0.15) is 0 Å². The first kappa shape index (κ1) is 17.3. The Hall–Kier alpha value is -2.04. The summed E-state index contributed by atoms with van der Waals surface area (Å²) in [6.45, 7) is 6.35. The molecule has 1 aromatic rings. The lowest BCUT2D eigenvalue weighted by atomic mass is 10.00. The molecule has 3 amide bonds. The normalized spacial score (nSPS) is 16.7. The van der Waals surface area contributed by atoms with Gasteiger partial charge in [-0.1, -0.05) is 44.2 Å². The van der Waals surface area contributed by atoms with Crippen LogP contribution < -0.4 is 11.1 Å². The van der Waals surface area contributed by atoms with Gasteiger partial charge in [0.25, 0.3) is 0 Å². The lowest BCUT2D eigenvalue weighted by Crippen LogP contribution is -2.45. The summed E-state index contributed by atoms with van der Waals surface area (Å²) in [7, 11) is 0. The van der Waals surface area contributed by atoms with Crippen LogP contribution in [0.2, 0.25) is 0 Å². The topological polar surface area (TPSA) is 75.4 Å². The minimum Gasteiger partial charge on any atom is -0.352 e. The third kappa shape index (κ3) is 4.71. The van der Waals surface area contributed by atoms with E-state index in [1.165, 1.54) is 0 Å². The van der Waals surface area contributed by atoms with E-state index in [0.29, 0.717) is 12.0 Å². The van der Waals surface area contributed by atoms with Crippen LogP contribution in [0.5, 0.6) is 0 Å². The Morgan fingerprint density at radius 3 is 2.30 bits per heavy atom. The highest BCUT2D eigenvalue weighted by atomic mass is 16.2. The minimum atomic E-state index is -0.610. The Bertz CT molecular complexity index is 540. The van der Waals surface area contributed by atoms with E-state index >= 15 is 0 Å². The highest BCUT2D eigenvalue weighted by Crippen LogP contribution is 2.32. The van der Waals surface area contributed by atoms with Crippen molar-refractivity contribution < 1.29 is 9.59 Å². The average Bonchev–Trinajstić information content (AvgIpc) is 3.31. The molecule has 0 heterocycles. The number of rotatable bonds is 7. The van der Waals surface area contributed by atoms with Crippen molar-refractivity contribution in [1.29, 1.82) is 0 Å². The van der Waals surface area contributed by atoms with Crippen LogP contribution in [-0.2, 0) is 4.79 Å². The van der Waals surface area contributed by atoms with E-state index in [-0.39, 0.29) is 24.4 Å². The lowest BCUT2D eigenvalue weighted by Gasteiger charge is -2.33. The average molecular weight is 317 g/mol. The molecule has 5 nitrogen and oxygen atoms in total. The van der Waals surface area contributed by atoms with Crippen LogP contribution in [-0.4, -0.2) is 28.9 Å². The highest BCUT2D eigenvalue weighted by molar-refractivity contribution is 5.79. The van der Waals surface area contributed by atoms with Gasteiger partial charge in [0, 0.05) is 12.1 Å². The molecule has 2 unspecified atom stereocenters. The maximum absolute atomic E-state index is 12.9. The van der Waals surface area contributed by atoms with Crippen molar-refractivity contribution in [2.45, 2.75) is 58.2 Å². The number of nitrogens with zero attached hydrogens (tertiary/aromatic N) is 1. The van der Waals surface area contributed by atoms with E-state index in [9.17, 15) is 9.59 Å². The molecule has 5 heteroatoms. The Balaban J connectivity index is 2.14. The van der Waals surface area contributed by atoms with Crippen molar-refractivity contribution in [2.75, 3.05) is 0 Å². The molecular weight excluding hydrogens is 290 g/mol. The van der Waals surface area contributed by atoms with Crippen molar-refractivity contribution in [2.24, 2.45) is 11.7 Å². The molecular formula is C18H27N3O2. The van der Waals surface area contributed by atoms with Crippen molar-refractivity contribution in [3.05, 3.63) is 35.9 Å². The third-order valence-corrected chi connectivity index (χ3v) is 4.53. The smallest absolute Gasteiger partial charge is 0.312 e. The third-order valence-electron chi connectivity index (χ3n) is 4.53. The van der Waals surface area contributed by atoms with Gasteiger partial charge < -0.3 is 16.0 Å². The molecule has 2 atom stereocenters. The van der Waals surface area contributed by atoms with E-state index in [4.69, 9.17) is 5.73 Å². The van der Waals surface area contributed by atoms with Crippen LogP contribution in [0.3, 0.4) is 0 Å². The Labute approximate surface area is 138 Å². The van der Waals surface area contributed by atoms with E-state index < -0.39 is 6.03 Å². The second-order valence-corrected chi connectivity index (χ2v) is 6.69. The van der Waals surface area contributed by atoms with Gasteiger partial charge in [0.2, 0.25) is 5.91 Å². The standard InChI is InChI=1S/C18H27N3O2/c1-12(2)13(3)21(15-9-10-15)17(22)11-16(20-18(19)23)14-7-5-4-6-8-14/h4-8,12-13,15-16H,9-11H2,1-3H3,(H3,19,20,23). The molecule has 1 aliphatic rings. The van der Waals surface area contributed by atoms with E-state index in [2.05, 4.69) is 26.1 Å². The maximum Gasteiger partial charge on any atom is 0.312 e. The van der Waals surface area contributed by atoms with Crippen LogP contribution in [0.4, 0.5) is 4.79 Å². The summed E-state index contributed by atoms with van der Waals surface area (Å²) < 4.78 is 0. The maximum atomic E-state index is 12.9. The largest absolute Gasteiger partial charge is 0.352 e. The number of nitrogens with one attached hydrogen (secondary N) is 1. The van der Waals surface area contributed by atoms with Gasteiger partial charge in [-0.15, -0.1) is 0 Å². The first-order valence-corrected chi connectivity index (χ1v) is 8.32. The number of hydrogen-bond acceptors (Lipinski definition) is 2. The number of amides is 3. The summed E-state index contributed by atoms with van der Waals surface area (Å²) in [4.78, 5) is 26.2. The van der Waals surface area contributed by atoms with Gasteiger partial charge in [0.05, 0.1) is 12.5 Å². The lowest BCUT2D eigenvalue weighted by molar-refractivity contribution is -0.135. The zero-order valence-corrected chi connectivity index (χ0v) is 14.2. The molecule has 1 aliphatic carbocycles. The second-order valence-electron chi connectivity index (χ2n) is 6.69. The predicted molar refractivity (Wildman–Crippen MR) is 90.7 cm³/mol. The summed E-state index contributed by atoms with van der Waals surface area (Å²) >= 11 is 0. The van der Waals surface area contributed by atoms with Crippen molar-refractivity contribution in [1.82, 2.24) is 10.2 Å². The second kappa shape index (κ2) is 7.49. The van der Waals surface area contributed by atoms with Crippen molar-refractivity contribution in [3.8, 4) is 0 Å². The van der Waals surface area contributed by atoms with Crippen LogP contribution in [0.15, 0.2) is 30.3 Å². The predicted octanol–water partition coefficient (Wildman–Crippen LogP) is 2.82. The van der Waals surface area contributed by atoms with Gasteiger partial charge in [-0.2, -0.15) is 0 Å². The molecule has 3 N–H and O–H groups in total. The SMILES string of the molecule is CC(C)C(C)N(C(=O)CC(NC(N)=O)c1ccccc1)C1CC1. The summed E-state index contributed by atoms with van der Waals surface area (Å²) in [6, 6.07) is 9.05. The number of nitrogens with two attached hydrogens (primary N) is 1. The Morgan fingerprint density at radius 1 is 1.22 bits per heavy atom. The Morgan fingerprint density at radius 2 is 1.83 bits per heavy atom. The number of urea groups is 1. The number of benzene rings is 1. The molecule has 2 rings (SSSR count). The van der Waals surface area contributed by atoms with Gasteiger partial charge >= 0.3 is 6.03 Å². The fourth-order valence-corrected chi connectivity index (χ4v) is 2.83. The molecule has 0 bridgehead atoms. The molecule has 0 aromatic heterocycles. The molecule has 1 aromatic carbocycles. The van der Waals surface area contributed by atoms with Gasteiger partial charge in [-0.3, -0.25) is 4.79 Å². The van der Waals surface area contributed by atoms with Crippen molar-refractivity contribution in [3.63, 3.8) is 0 Å². The van der Waals surface area contributed by atoms with E-state index in [1.807, 2.05) is 35.2 Å². The van der Waals surface area contributed by atoms with E-state index in [0.717, 1.165) is 18.4 Å². The van der Waals surface area contributed by atoms with Gasteiger partial charge in [-0.25, -0.2) is 4.79 Å². The number of primary amides is 1.